The lowest BCUT2D eigenvalue weighted by Gasteiger charge is -2.18. The number of carbonyl (C=O) groups is 3. The van der Waals surface area contributed by atoms with Crippen LogP contribution in [0.5, 0.6) is 0 Å². The molecule has 0 saturated carbocycles. The molecular weight excluding hydrogens is 1010 g/mol. The lowest BCUT2D eigenvalue weighted by atomic mass is 10.0. The second-order valence-corrected chi connectivity index (χ2v) is 24.8. The lowest BCUT2D eigenvalue weighted by molar-refractivity contribution is -0.167. The summed E-state index contributed by atoms with van der Waals surface area (Å²) in [6, 6.07) is 0. The molecule has 1 unspecified atom stereocenters. The Hall–Kier alpha value is -2.63. The molecule has 0 aromatic rings. The van der Waals surface area contributed by atoms with Crippen LogP contribution in [0.25, 0.3) is 0 Å². The van der Waals surface area contributed by atoms with Gasteiger partial charge in [0.25, 0.3) is 0 Å². The number of rotatable bonds is 68. The van der Waals surface area contributed by atoms with Gasteiger partial charge in [0, 0.05) is 19.3 Å². The van der Waals surface area contributed by atoms with E-state index in [4.69, 9.17) is 14.2 Å². The fourth-order valence-corrected chi connectivity index (χ4v) is 11.1. The highest BCUT2D eigenvalue weighted by Gasteiger charge is 2.19. The third-order valence-corrected chi connectivity index (χ3v) is 16.6. The van der Waals surface area contributed by atoms with Crippen LogP contribution in [-0.2, 0) is 28.6 Å². The Morgan fingerprint density at radius 3 is 0.744 bits per heavy atom. The molecule has 0 N–H and O–H groups in total. The molecule has 1 atom stereocenters. The Bertz CT molecular complexity index is 1410. The highest BCUT2D eigenvalue weighted by atomic mass is 16.6. The van der Waals surface area contributed by atoms with Crippen LogP contribution in [0, 0.1) is 0 Å². The first kappa shape index (κ1) is 79.4. The monoisotopic (exact) mass is 1150 g/mol. The number of unbranched alkanes of at least 4 members (excludes halogenated alkanes) is 49. The van der Waals surface area contributed by atoms with Crippen molar-refractivity contribution in [3.63, 3.8) is 0 Å². The molecular formula is C76H140O6. The zero-order valence-electron chi connectivity index (χ0n) is 55.3. The SMILES string of the molecule is CC/C=C\C/C=C\C/C=C\C/C=C\CCCCCCCCCCCCCCCCC(=O)OCC(COC(=O)CCCCCCCCCCCC)OC(=O)CCCCCCCCCCCCCCCCCCCCCCCCCCCCC. The third kappa shape index (κ3) is 68.2. The quantitative estimate of drug-likeness (QED) is 0.0261. The summed E-state index contributed by atoms with van der Waals surface area (Å²) >= 11 is 0. The molecule has 480 valence electrons. The molecule has 0 radical (unpaired) electrons. The largest absolute Gasteiger partial charge is 0.462 e. The Labute approximate surface area is 511 Å². The van der Waals surface area contributed by atoms with Crippen molar-refractivity contribution in [3.05, 3.63) is 48.6 Å². The predicted octanol–water partition coefficient (Wildman–Crippen LogP) is 25.3. The van der Waals surface area contributed by atoms with E-state index < -0.39 is 6.10 Å². The van der Waals surface area contributed by atoms with Crippen molar-refractivity contribution in [3.8, 4) is 0 Å². The Morgan fingerprint density at radius 2 is 0.476 bits per heavy atom. The maximum Gasteiger partial charge on any atom is 0.306 e. The molecule has 82 heavy (non-hydrogen) atoms. The van der Waals surface area contributed by atoms with Crippen molar-refractivity contribution in [2.45, 2.75) is 406 Å². The van der Waals surface area contributed by atoms with E-state index in [-0.39, 0.29) is 31.1 Å². The van der Waals surface area contributed by atoms with E-state index >= 15 is 0 Å². The van der Waals surface area contributed by atoms with Gasteiger partial charge in [-0.15, -0.1) is 0 Å². The fourth-order valence-electron chi connectivity index (χ4n) is 11.1. The molecule has 0 saturated heterocycles. The molecule has 0 aliphatic rings. The first-order valence-corrected chi connectivity index (χ1v) is 36.6. The standard InChI is InChI=1S/C76H140O6/c1-4-7-10-13-16-19-22-24-26-28-30-32-34-36-38-40-42-44-46-48-50-52-54-57-60-63-66-69-75(78)81-72-73(71-80-74(77)68-65-62-59-56-21-18-15-12-9-6-3)82-76(79)70-67-64-61-58-55-53-51-49-47-45-43-41-39-37-35-33-31-29-27-25-23-20-17-14-11-8-5-2/h7,10,16,19,24,26,30,32,73H,4-6,8-9,11-15,17-18,20-23,25,27-29,31,33-72H2,1-3H3/b10-7-,19-16-,26-24-,32-30-. The molecule has 0 spiro atoms. The first-order chi connectivity index (χ1) is 40.5. The van der Waals surface area contributed by atoms with E-state index in [2.05, 4.69) is 69.4 Å². The number of esters is 3. The van der Waals surface area contributed by atoms with Crippen LogP contribution >= 0.6 is 0 Å². The van der Waals surface area contributed by atoms with Crippen LogP contribution in [0.1, 0.15) is 400 Å². The summed E-state index contributed by atoms with van der Waals surface area (Å²) < 4.78 is 17.0. The van der Waals surface area contributed by atoms with Crippen LogP contribution in [0.2, 0.25) is 0 Å². The minimum absolute atomic E-state index is 0.0666. The summed E-state index contributed by atoms with van der Waals surface area (Å²) in [4.78, 5) is 38.4. The van der Waals surface area contributed by atoms with Crippen molar-refractivity contribution < 1.29 is 28.6 Å². The predicted molar refractivity (Wildman–Crippen MR) is 358 cm³/mol. The number of hydrogen-bond donors (Lipinski definition) is 0. The van der Waals surface area contributed by atoms with Crippen LogP contribution in [0.4, 0.5) is 0 Å². The zero-order chi connectivity index (χ0) is 59.2. The molecule has 0 aliphatic heterocycles. The van der Waals surface area contributed by atoms with Crippen molar-refractivity contribution in [2.75, 3.05) is 13.2 Å². The van der Waals surface area contributed by atoms with Gasteiger partial charge in [0.05, 0.1) is 0 Å². The van der Waals surface area contributed by atoms with Gasteiger partial charge in [-0.25, -0.2) is 0 Å². The normalized spacial score (nSPS) is 12.3. The first-order valence-electron chi connectivity index (χ1n) is 36.6. The smallest absolute Gasteiger partial charge is 0.306 e. The summed E-state index contributed by atoms with van der Waals surface area (Å²) in [5, 5.41) is 0. The van der Waals surface area contributed by atoms with Crippen molar-refractivity contribution >= 4 is 17.9 Å². The molecule has 6 nitrogen and oxygen atoms in total. The fraction of sp³-hybridized carbons (Fsp3) is 0.855. The molecule has 0 aromatic carbocycles. The molecule has 0 fully saturated rings. The van der Waals surface area contributed by atoms with Gasteiger partial charge in [-0.1, -0.05) is 371 Å². The molecule has 0 aromatic heterocycles. The van der Waals surface area contributed by atoms with Gasteiger partial charge in [0.15, 0.2) is 6.10 Å². The van der Waals surface area contributed by atoms with E-state index in [0.717, 1.165) is 83.5 Å². The zero-order valence-corrected chi connectivity index (χ0v) is 55.3. The number of ether oxygens (including phenoxy) is 3. The maximum absolute atomic E-state index is 13.0. The molecule has 0 amide bonds. The second kappa shape index (κ2) is 70.9. The minimum atomic E-state index is -0.769. The molecule has 0 aliphatic carbocycles. The summed E-state index contributed by atoms with van der Waals surface area (Å²) in [7, 11) is 0. The second-order valence-electron chi connectivity index (χ2n) is 24.8. The van der Waals surface area contributed by atoms with Crippen LogP contribution in [0.3, 0.4) is 0 Å². The summed E-state index contributed by atoms with van der Waals surface area (Å²) in [6.07, 6.45) is 90.2. The number of allylic oxidation sites excluding steroid dienone is 8. The van der Waals surface area contributed by atoms with Crippen LogP contribution in [0.15, 0.2) is 48.6 Å². The van der Waals surface area contributed by atoms with Gasteiger partial charge < -0.3 is 14.2 Å². The van der Waals surface area contributed by atoms with Gasteiger partial charge in [-0.05, 0) is 57.8 Å². The van der Waals surface area contributed by atoms with E-state index in [1.807, 2.05) is 0 Å². The van der Waals surface area contributed by atoms with Crippen LogP contribution in [-0.4, -0.2) is 37.2 Å². The van der Waals surface area contributed by atoms with E-state index in [9.17, 15) is 14.4 Å². The van der Waals surface area contributed by atoms with E-state index in [1.54, 1.807) is 0 Å². The summed E-state index contributed by atoms with van der Waals surface area (Å²) in [5.74, 6) is -0.840. The van der Waals surface area contributed by atoms with Gasteiger partial charge >= 0.3 is 17.9 Å². The Morgan fingerprint density at radius 1 is 0.256 bits per heavy atom. The van der Waals surface area contributed by atoms with Crippen molar-refractivity contribution in [2.24, 2.45) is 0 Å². The lowest BCUT2D eigenvalue weighted by Crippen LogP contribution is -2.30. The Kier molecular flexibility index (Phi) is 68.6. The molecule has 0 bridgehead atoms. The number of carbonyl (C=O) groups excluding carboxylic acids is 3. The van der Waals surface area contributed by atoms with Gasteiger partial charge in [0.1, 0.15) is 13.2 Å². The highest BCUT2D eigenvalue weighted by Crippen LogP contribution is 2.19. The van der Waals surface area contributed by atoms with Gasteiger partial charge in [0.2, 0.25) is 0 Å². The van der Waals surface area contributed by atoms with E-state index in [0.29, 0.717) is 19.3 Å². The summed E-state index contributed by atoms with van der Waals surface area (Å²) in [5.41, 5.74) is 0. The van der Waals surface area contributed by atoms with Crippen LogP contribution < -0.4 is 0 Å². The molecule has 0 rings (SSSR count). The third-order valence-electron chi connectivity index (χ3n) is 16.6. The average Bonchev–Trinajstić information content (AvgIpc) is 3.48. The average molecular weight is 1150 g/mol. The molecule has 0 heterocycles. The van der Waals surface area contributed by atoms with Crippen molar-refractivity contribution in [1.29, 1.82) is 0 Å². The van der Waals surface area contributed by atoms with Gasteiger partial charge in [-0.2, -0.15) is 0 Å². The maximum atomic E-state index is 13.0. The topological polar surface area (TPSA) is 78.9 Å². The van der Waals surface area contributed by atoms with Gasteiger partial charge in [-0.3, -0.25) is 14.4 Å². The Balaban J connectivity index is 4.12. The van der Waals surface area contributed by atoms with Crippen molar-refractivity contribution in [1.82, 2.24) is 0 Å². The molecule has 6 heteroatoms. The van der Waals surface area contributed by atoms with E-state index in [1.165, 1.54) is 276 Å². The summed E-state index contributed by atoms with van der Waals surface area (Å²) in [6.45, 7) is 6.59. The minimum Gasteiger partial charge on any atom is -0.462 e. The highest BCUT2D eigenvalue weighted by molar-refractivity contribution is 5.71. The number of hydrogen-bond acceptors (Lipinski definition) is 6.